The number of amides is 2. The molecule has 0 bridgehead atoms. The van der Waals surface area contributed by atoms with Gasteiger partial charge in [-0.15, -0.1) is 0 Å². The molecule has 0 saturated heterocycles. The van der Waals surface area contributed by atoms with Crippen molar-refractivity contribution in [1.29, 1.82) is 0 Å². The molecule has 33 heavy (non-hydrogen) atoms. The Hall–Kier alpha value is -2.82. The first kappa shape index (κ1) is 24.8. The van der Waals surface area contributed by atoms with Crippen molar-refractivity contribution < 1.29 is 14.3 Å². The molecule has 2 N–H and O–H groups in total. The molecule has 2 aromatic rings. The van der Waals surface area contributed by atoms with E-state index in [2.05, 4.69) is 24.5 Å². The zero-order valence-corrected chi connectivity index (χ0v) is 20.0. The van der Waals surface area contributed by atoms with E-state index < -0.39 is 0 Å². The summed E-state index contributed by atoms with van der Waals surface area (Å²) < 4.78 is 5.92. The van der Waals surface area contributed by atoms with Gasteiger partial charge in [0.15, 0.2) is 0 Å². The molecule has 1 aliphatic rings. The topological polar surface area (TPSA) is 67.4 Å². The smallest absolute Gasteiger partial charge is 0.224 e. The third-order valence-electron chi connectivity index (χ3n) is 6.12. The number of carbonyl (C=O) groups excluding carboxylic acids is 2. The SMILES string of the molecule is CCCC(C)COc1ccc([C@H](CNC(=O)CCC2CC2)NC(=O)Cc2ccccc2)cc1. The number of benzene rings is 2. The van der Waals surface area contributed by atoms with E-state index in [0.29, 0.717) is 31.9 Å². The first-order valence-corrected chi connectivity index (χ1v) is 12.4. The molecular formula is C28H38N2O3. The largest absolute Gasteiger partial charge is 0.493 e. The first-order chi connectivity index (χ1) is 16.0. The van der Waals surface area contributed by atoms with Gasteiger partial charge in [0, 0.05) is 13.0 Å². The quantitative estimate of drug-likeness (QED) is 0.415. The summed E-state index contributed by atoms with van der Waals surface area (Å²) in [7, 11) is 0. The van der Waals surface area contributed by atoms with Crippen LogP contribution in [0.2, 0.25) is 0 Å². The Balaban J connectivity index is 1.59. The summed E-state index contributed by atoms with van der Waals surface area (Å²) in [6, 6.07) is 17.2. The minimum atomic E-state index is -0.292. The van der Waals surface area contributed by atoms with E-state index in [1.165, 1.54) is 12.8 Å². The lowest BCUT2D eigenvalue weighted by Gasteiger charge is -2.21. The second kappa shape index (κ2) is 13.0. The summed E-state index contributed by atoms with van der Waals surface area (Å²) in [5.41, 5.74) is 1.92. The fourth-order valence-corrected chi connectivity index (χ4v) is 3.94. The highest BCUT2D eigenvalue weighted by molar-refractivity contribution is 5.79. The normalized spacial score (nSPS) is 14.8. The molecular weight excluding hydrogens is 412 g/mol. The van der Waals surface area contributed by atoms with Gasteiger partial charge in [-0.1, -0.05) is 75.6 Å². The molecule has 0 heterocycles. The van der Waals surface area contributed by atoms with Crippen LogP contribution in [-0.4, -0.2) is 25.0 Å². The van der Waals surface area contributed by atoms with Crippen molar-refractivity contribution in [2.75, 3.05) is 13.2 Å². The molecule has 0 aromatic heterocycles. The molecule has 1 aliphatic carbocycles. The Kier molecular flexibility index (Phi) is 9.79. The van der Waals surface area contributed by atoms with Crippen LogP contribution in [-0.2, 0) is 16.0 Å². The van der Waals surface area contributed by atoms with Gasteiger partial charge in [-0.05, 0) is 47.9 Å². The van der Waals surface area contributed by atoms with Crippen LogP contribution in [0.25, 0.3) is 0 Å². The first-order valence-electron chi connectivity index (χ1n) is 12.4. The van der Waals surface area contributed by atoms with Crippen LogP contribution in [0.3, 0.4) is 0 Å². The summed E-state index contributed by atoms with van der Waals surface area (Å²) in [4.78, 5) is 25.0. The van der Waals surface area contributed by atoms with Gasteiger partial charge in [0.25, 0.3) is 0 Å². The number of rotatable bonds is 14. The standard InChI is InChI=1S/C28H38N2O3/c1-3-7-21(2)20-33-25-15-13-24(14-16-25)26(19-29-27(31)17-12-22-10-11-22)30-28(32)18-23-8-5-4-6-9-23/h4-6,8-9,13-16,21-22,26H,3,7,10-12,17-20H2,1-2H3,(H,29,31)(H,30,32)/t21?,26-/m0/s1. The maximum atomic E-state index is 12.7. The van der Waals surface area contributed by atoms with Gasteiger partial charge in [-0.3, -0.25) is 9.59 Å². The van der Waals surface area contributed by atoms with E-state index in [1.54, 1.807) is 0 Å². The third-order valence-corrected chi connectivity index (χ3v) is 6.12. The number of ether oxygens (including phenoxy) is 1. The number of carbonyl (C=O) groups is 2. The molecule has 5 heteroatoms. The fraction of sp³-hybridized carbons (Fsp3) is 0.500. The zero-order valence-electron chi connectivity index (χ0n) is 20.0. The van der Waals surface area contributed by atoms with E-state index in [9.17, 15) is 9.59 Å². The van der Waals surface area contributed by atoms with E-state index >= 15 is 0 Å². The molecule has 2 atom stereocenters. The van der Waals surface area contributed by atoms with Gasteiger partial charge < -0.3 is 15.4 Å². The van der Waals surface area contributed by atoms with Crippen LogP contribution in [0.4, 0.5) is 0 Å². The highest BCUT2D eigenvalue weighted by Crippen LogP contribution is 2.33. The maximum Gasteiger partial charge on any atom is 0.224 e. The number of hydrogen-bond donors (Lipinski definition) is 2. The predicted molar refractivity (Wildman–Crippen MR) is 132 cm³/mol. The van der Waals surface area contributed by atoms with Crippen molar-refractivity contribution in [3.05, 3.63) is 65.7 Å². The number of hydrogen-bond acceptors (Lipinski definition) is 3. The molecule has 1 unspecified atom stereocenters. The average Bonchev–Trinajstić information content (AvgIpc) is 3.65. The van der Waals surface area contributed by atoms with Crippen LogP contribution in [0.15, 0.2) is 54.6 Å². The summed E-state index contributed by atoms with van der Waals surface area (Å²) in [6.07, 6.45) is 6.61. The fourth-order valence-electron chi connectivity index (χ4n) is 3.94. The Morgan fingerprint density at radius 2 is 1.76 bits per heavy atom. The lowest BCUT2D eigenvalue weighted by molar-refractivity contribution is -0.123. The second-order valence-electron chi connectivity index (χ2n) is 9.34. The molecule has 0 spiro atoms. The van der Waals surface area contributed by atoms with Crippen molar-refractivity contribution in [3.63, 3.8) is 0 Å². The summed E-state index contributed by atoms with van der Waals surface area (Å²) in [6.45, 7) is 5.45. The molecule has 3 rings (SSSR count). The van der Waals surface area contributed by atoms with Crippen LogP contribution in [0.5, 0.6) is 5.75 Å². The molecule has 1 saturated carbocycles. The van der Waals surface area contributed by atoms with Crippen molar-refractivity contribution in [1.82, 2.24) is 10.6 Å². The highest BCUT2D eigenvalue weighted by atomic mass is 16.5. The van der Waals surface area contributed by atoms with Crippen LogP contribution >= 0.6 is 0 Å². The minimum absolute atomic E-state index is 0.0501. The van der Waals surface area contributed by atoms with E-state index in [4.69, 9.17) is 4.74 Å². The minimum Gasteiger partial charge on any atom is -0.493 e. The van der Waals surface area contributed by atoms with Crippen LogP contribution in [0, 0.1) is 11.8 Å². The van der Waals surface area contributed by atoms with Crippen molar-refractivity contribution in [3.8, 4) is 5.75 Å². The second-order valence-corrected chi connectivity index (χ2v) is 9.34. The monoisotopic (exact) mass is 450 g/mol. The van der Waals surface area contributed by atoms with Gasteiger partial charge in [-0.25, -0.2) is 0 Å². The van der Waals surface area contributed by atoms with E-state index in [0.717, 1.165) is 42.1 Å². The van der Waals surface area contributed by atoms with Crippen LogP contribution < -0.4 is 15.4 Å². The molecule has 1 fully saturated rings. The molecule has 178 valence electrons. The molecule has 2 aromatic carbocycles. The van der Waals surface area contributed by atoms with Crippen molar-refractivity contribution in [2.45, 2.75) is 64.8 Å². The van der Waals surface area contributed by atoms with Gasteiger partial charge >= 0.3 is 0 Å². The molecule has 0 radical (unpaired) electrons. The number of nitrogens with one attached hydrogen (secondary N) is 2. The van der Waals surface area contributed by atoms with Gasteiger partial charge in [-0.2, -0.15) is 0 Å². The Morgan fingerprint density at radius 3 is 2.42 bits per heavy atom. The Morgan fingerprint density at radius 1 is 1.03 bits per heavy atom. The maximum absolute atomic E-state index is 12.7. The van der Waals surface area contributed by atoms with Crippen molar-refractivity contribution in [2.24, 2.45) is 11.8 Å². The van der Waals surface area contributed by atoms with E-state index in [1.807, 2.05) is 54.6 Å². The average molecular weight is 451 g/mol. The highest BCUT2D eigenvalue weighted by Gasteiger charge is 2.22. The van der Waals surface area contributed by atoms with Gasteiger partial charge in [0.1, 0.15) is 5.75 Å². The Labute approximate surface area is 198 Å². The summed E-state index contributed by atoms with van der Waals surface area (Å²) >= 11 is 0. The van der Waals surface area contributed by atoms with Gasteiger partial charge in [0.2, 0.25) is 11.8 Å². The van der Waals surface area contributed by atoms with E-state index in [-0.39, 0.29) is 17.9 Å². The molecule has 5 nitrogen and oxygen atoms in total. The summed E-state index contributed by atoms with van der Waals surface area (Å²) in [5, 5.41) is 6.12. The lowest BCUT2D eigenvalue weighted by Crippen LogP contribution is -2.38. The third kappa shape index (κ3) is 9.29. The van der Waals surface area contributed by atoms with Crippen molar-refractivity contribution >= 4 is 11.8 Å². The summed E-state index contributed by atoms with van der Waals surface area (Å²) in [5.74, 6) is 2.06. The predicted octanol–water partition coefficient (Wildman–Crippen LogP) is 5.21. The Bertz CT molecular complexity index is 862. The zero-order chi connectivity index (χ0) is 23.5. The molecule has 0 aliphatic heterocycles. The van der Waals surface area contributed by atoms with Gasteiger partial charge in [0.05, 0.1) is 19.1 Å². The van der Waals surface area contributed by atoms with Crippen LogP contribution in [0.1, 0.15) is 69.5 Å². The molecule has 2 amide bonds. The lowest BCUT2D eigenvalue weighted by atomic mass is 10.0.